The van der Waals surface area contributed by atoms with Crippen LogP contribution in [0.25, 0.3) is 0 Å². The lowest BCUT2D eigenvalue weighted by Gasteiger charge is -2.08. The van der Waals surface area contributed by atoms with Gasteiger partial charge in [-0.25, -0.2) is 4.99 Å². The van der Waals surface area contributed by atoms with Gasteiger partial charge in [-0.15, -0.1) is 11.3 Å². The molecule has 1 N–H and O–H groups in total. The summed E-state index contributed by atoms with van der Waals surface area (Å²) in [7, 11) is 0. The summed E-state index contributed by atoms with van der Waals surface area (Å²) in [6.45, 7) is 2.80. The van der Waals surface area contributed by atoms with E-state index < -0.39 is 0 Å². The number of unbranched alkanes of at least 4 members (excludes halogenated alkanes) is 1. The molecule has 0 saturated carbocycles. The number of thiophene rings is 1. The van der Waals surface area contributed by atoms with Crippen molar-refractivity contribution in [1.29, 1.82) is 0 Å². The van der Waals surface area contributed by atoms with Crippen molar-refractivity contribution in [2.75, 3.05) is 6.54 Å². The Morgan fingerprint density at radius 3 is 2.89 bits per heavy atom. The number of aromatic nitrogens is 1. The van der Waals surface area contributed by atoms with Crippen LogP contribution in [0.3, 0.4) is 0 Å². The van der Waals surface area contributed by atoms with Crippen LogP contribution in [0.2, 0.25) is 0 Å². The minimum Gasteiger partial charge on any atom is -0.352 e. The van der Waals surface area contributed by atoms with Crippen LogP contribution in [0.1, 0.15) is 40.7 Å². The number of hydrogen-bond donors (Lipinski definition) is 1. The van der Waals surface area contributed by atoms with Crippen LogP contribution in [0.15, 0.2) is 68.8 Å². The highest BCUT2D eigenvalue weighted by Crippen LogP contribution is 2.43. The number of nitrogens with zero attached hydrogens (tertiary/aromatic N) is 2. The molecular formula is C21H19N3OS2. The third-order valence-corrected chi connectivity index (χ3v) is 6.42. The Labute approximate surface area is 166 Å². The number of nitrogens with one attached hydrogen (secondary N) is 1. The van der Waals surface area contributed by atoms with E-state index in [9.17, 15) is 4.79 Å². The molecule has 6 heteroatoms. The van der Waals surface area contributed by atoms with Gasteiger partial charge in [0.15, 0.2) is 0 Å². The number of hydrogen-bond acceptors (Lipinski definition) is 5. The van der Waals surface area contributed by atoms with Crippen LogP contribution in [0, 0.1) is 0 Å². The Balaban J connectivity index is 1.75. The fourth-order valence-electron chi connectivity index (χ4n) is 2.83. The maximum Gasteiger partial charge on any atom is 0.251 e. The van der Waals surface area contributed by atoms with Crippen LogP contribution < -0.4 is 5.32 Å². The Hall–Kier alpha value is -2.44. The van der Waals surface area contributed by atoms with E-state index in [-0.39, 0.29) is 5.91 Å². The van der Waals surface area contributed by atoms with E-state index in [0.29, 0.717) is 12.1 Å². The van der Waals surface area contributed by atoms with Gasteiger partial charge in [-0.2, -0.15) is 0 Å². The predicted molar refractivity (Wildman–Crippen MR) is 112 cm³/mol. The van der Waals surface area contributed by atoms with Gasteiger partial charge in [0.05, 0.1) is 16.3 Å². The molecule has 1 aliphatic heterocycles. The monoisotopic (exact) mass is 393 g/mol. The second-order valence-electron chi connectivity index (χ2n) is 6.18. The van der Waals surface area contributed by atoms with Crippen LogP contribution in [-0.4, -0.2) is 23.1 Å². The number of carbonyl (C=O) groups is 1. The quantitative estimate of drug-likeness (QED) is 0.468. The van der Waals surface area contributed by atoms with E-state index in [1.165, 1.54) is 4.90 Å². The first-order valence-electron chi connectivity index (χ1n) is 8.94. The zero-order chi connectivity index (χ0) is 18.6. The van der Waals surface area contributed by atoms with Gasteiger partial charge < -0.3 is 5.32 Å². The van der Waals surface area contributed by atoms with E-state index in [1.807, 2.05) is 36.4 Å². The van der Waals surface area contributed by atoms with Gasteiger partial charge >= 0.3 is 0 Å². The first-order valence-corrected chi connectivity index (χ1v) is 10.6. The van der Waals surface area contributed by atoms with Crippen LogP contribution in [0.4, 0.5) is 5.69 Å². The number of carbonyl (C=O) groups excluding carboxylic acids is 1. The largest absolute Gasteiger partial charge is 0.352 e. The summed E-state index contributed by atoms with van der Waals surface area (Å²) in [6, 6.07) is 13.7. The zero-order valence-electron chi connectivity index (χ0n) is 14.9. The summed E-state index contributed by atoms with van der Waals surface area (Å²) in [5.41, 5.74) is 3.15. The number of fused-ring (bicyclic) bond motifs is 2. The number of rotatable bonds is 5. The van der Waals surface area contributed by atoms with Crippen molar-refractivity contribution in [2.24, 2.45) is 4.99 Å². The molecule has 0 atom stereocenters. The summed E-state index contributed by atoms with van der Waals surface area (Å²) in [4.78, 5) is 25.2. The van der Waals surface area contributed by atoms with Crippen LogP contribution in [0.5, 0.6) is 0 Å². The van der Waals surface area contributed by atoms with Crippen LogP contribution >= 0.6 is 23.1 Å². The van der Waals surface area contributed by atoms with E-state index in [1.54, 1.807) is 29.3 Å². The molecule has 0 saturated heterocycles. The van der Waals surface area contributed by atoms with Gasteiger partial charge in [0.25, 0.3) is 5.91 Å². The number of benzene rings is 1. The van der Waals surface area contributed by atoms with Crippen molar-refractivity contribution in [3.8, 4) is 0 Å². The Bertz CT molecular complexity index is 996. The van der Waals surface area contributed by atoms with E-state index in [0.717, 1.165) is 39.7 Å². The van der Waals surface area contributed by atoms with Gasteiger partial charge in [0.2, 0.25) is 0 Å². The lowest BCUT2D eigenvalue weighted by Crippen LogP contribution is -2.24. The summed E-state index contributed by atoms with van der Waals surface area (Å²) in [5.74, 6) is -0.0511. The molecule has 3 heterocycles. The molecule has 2 aromatic heterocycles. The highest BCUT2D eigenvalue weighted by molar-refractivity contribution is 7.99. The summed E-state index contributed by atoms with van der Waals surface area (Å²) < 4.78 is 0. The second kappa shape index (κ2) is 8.06. The van der Waals surface area contributed by atoms with Gasteiger partial charge in [0, 0.05) is 28.1 Å². The highest BCUT2D eigenvalue weighted by Gasteiger charge is 2.21. The summed E-state index contributed by atoms with van der Waals surface area (Å²) in [6.07, 6.45) is 3.82. The molecule has 0 bridgehead atoms. The average molecular weight is 394 g/mol. The number of pyridine rings is 1. The lowest BCUT2D eigenvalue weighted by molar-refractivity contribution is 0.0953. The van der Waals surface area contributed by atoms with Gasteiger partial charge in [-0.05, 0) is 48.2 Å². The third kappa shape index (κ3) is 3.82. The molecule has 0 aliphatic carbocycles. The van der Waals surface area contributed by atoms with E-state index >= 15 is 0 Å². The topological polar surface area (TPSA) is 54.4 Å². The second-order valence-corrected chi connectivity index (χ2v) is 8.18. The average Bonchev–Trinajstić information content (AvgIpc) is 3.09. The SMILES string of the molecule is CCCCNC(=O)c1ccc2c(c1)N=C(c1ccccn1)c1sccc1S2. The van der Waals surface area contributed by atoms with Crippen molar-refractivity contribution < 1.29 is 4.79 Å². The fraction of sp³-hybridized carbons (Fsp3) is 0.190. The van der Waals surface area contributed by atoms with Crippen molar-refractivity contribution in [1.82, 2.24) is 10.3 Å². The molecule has 4 rings (SSSR count). The molecule has 0 spiro atoms. The molecule has 1 aromatic carbocycles. The first kappa shape index (κ1) is 17.9. The molecule has 0 fully saturated rings. The minimum absolute atomic E-state index is 0.0511. The summed E-state index contributed by atoms with van der Waals surface area (Å²) in [5, 5.41) is 5.05. The van der Waals surface area contributed by atoms with E-state index in [4.69, 9.17) is 4.99 Å². The zero-order valence-corrected chi connectivity index (χ0v) is 16.6. The number of amides is 1. The minimum atomic E-state index is -0.0511. The molecule has 27 heavy (non-hydrogen) atoms. The van der Waals surface area contributed by atoms with Gasteiger partial charge in [0.1, 0.15) is 5.71 Å². The fourth-order valence-corrected chi connectivity index (χ4v) is 4.88. The maximum absolute atomic E-state index is 12.4. The molecule has 1 aliphatic rings. The first-order chi connectivity index (χ1) is 13.3. The third-order valence-electron chi connectivity index (χ3n) is 4.24. The van der Waals surface area contributed by atoms with Crippen molar-refractivity contribution in [3.63, 3.8) is 0 Å². The Morgan fingerprint density at radius 1 is 1.15 bits per heavy atom. The number of aliphatic imine (C=N–C) groups is 1. The molecule has 136 valence electrons. The maximum atomic E-state index is 12.4. The van der Waals surface area contributed by atoms with E-state index in [2.05, 4.69) is 28.7 Å². The Morgan fingerprint density at radius 2 is 2.07 bits per heavy atom. The normalized spacial score (nSPS) is 12.6. The predicted octanol–water partition coefficient (Wildman–Crippen LogP) is 5.31. The summed E-state index contributed by atoms with van der Waals surface area (Å²) >= 11 is 3.35. The smallest absolute Gasteiger partial charge is 0.251 e. The molecule has 0 unspecified atom stereocenters. The molecular weight excluding hydrogens is 374 g/mol. The lowest BCUT2D eigenvalue weighted by atomic mass is 10.1. The highest BCUT2D eigenvalue weighted by atomic mass is 32.2. The van der Waals surface area contributed by atoms with Crippen molar-refractivity contribution in [3.05, 3.63) is 70.2 Å². The van der Waals surface area contributed by atoms with Crippen LogP contribution in [-0.2, 0) is 0 Å². The molecule has 4 nitrogen and oxygen atoms in total. The molecule has 0 radical (unpaired) electrons. The molecule has 3 aromatic rings. The van der Waals surface area contributed by atoms with Gasteiger partial charge in [-0.3, -0.25) is 9.78 Å². The molecule has 1 amide bonds. The van der Waals surface area contributed by atoms with Crippen molar-refractivity contribution in [2.45, 2.75) is 29.6 Å². The van der Waals surface area contributed by atoms with Gasteiger partial charge in [-0.1, -0.05) is 31.2 Å². The van der Waals surface area contributed by atoms with Crippen molar-refractivity contribution >= 4 is 40.4 Å². The standard InChI is InChI=1S/C21H19N3OS2/c1-2-3-10-23-21(25)14-7-8-17-16(13-14)24-19(15-6-4-5-11-22-15)20-18(27-17)9-12-26-20/h4-9,11-13H,2-3,10H2,1H3,(H,23,25). The Kier molecular flexibility index (Phi) is 5.36.